The van der Waals surface area contributed by atoms with Gasteiger partial charge < -0.3 is 10.2 Å². The fourth-order valence-electron chi connectivity index (χ4n) is 3.16. The van der Waals surface area contributed by atoms with Crippen molar-refractivity contribution >= 4 is 17.4 Å². The largest absolute Gasteiger partial charge is 0.344 e. The minimum atomic E-state index is -0.332. The van der Waals surface area contributed by atoms with Gasteiger partial charge in [-0.3, -0.25) is 9.59 Å². The Labute approximate surface area is 131 Å². The summed E-state index contributed by atoms with van der Waals surface area (Å²) in [4.78, 5) is 26.1. The van der Waals surface area contributed by atoms with Gasteiger partial charge >= 0.3 is 0 Å². The minimum absolute atomic E-state index is 0.00776. The lowest BCUT2D eigenvalue weighted by atomic mass is 9.99. The molecule has 1 aromatic carbocycles. The Hall–Kier alpha value is -2.10. The molecule has 0 aliphatic carbocycles. The van der Waals surface area contributed by atoms with Crippen molar-refractivity contribution in [1.82, 2.24) is 10.2 Å². The first-order valence-corrected chi connectivity index (χ1v) is 8.06. The molecule has 2 aliphatic heterocycles. The van der Waals surface area contributed by atoms with E-state index in [1.807, 2.05) is 23.1 Å². The summed E-state index contributed by atoms with van der Waals surface area (Å²) in [6.07, 6.45) is 6.13. The molecule has 22 heavy (non-hydrogen) atoms. The molecule has 1 aromatic rings. The van der Waals surface area contributed by atoms with E-state index in [1.165, 1.54) is 11.1 Å². The molecule has 1 atom stereocenters. The van der Waals surface area contributed by atoms with Crippen LogP contribution in [0.25, 0.3) is 5.57 Å². The zero-order valence-electron chi connectivity index (χ0n) is 12.8. The molecule has 116 valence electrons. The number of hydrogen-bond acceptors (Lipinski definition) is 2. The molecule has 3 rings (SSSR count). The van der Waals surface area contributed by atoms with Crippen LogP contribution in [0.1, 0.15) is 37.7 Å². The lowest BCUT2D eigenvalue weighted by Crippen LogP contribution is -2.48. The van der Waals surface area contributed by atoms with Crippen LogP contribution in [-0.4, -0.2) is 35.8 Å². The number of carbonyl (C=O) groups excluding carboxylic acids is 2. The zero-order valence-corrected chi connectivity index (χ0v) is 12.8. The van der Waals surface area contributed by atoms with Crippen molar-refractivity contribution in [3.63, 3.8) is 0 Å². The first kappa shape index (κ1) is 14.8. The molecule has 4 nitrogen and oxygen atoms in total. The predicted molar refractivity (Wildman–Crippen MR) is 86.0 cm³/mol. The van der Waals surface area contributed by atoms with Gasteiger partial charge in [0, 0.05) is 19.5 Å². The van der Waals surface area contributed by atoms with Crippen molar-refractivity contribution in [1.29, 1.82) is 0 Å². The molecule has 2 heterocycles. The van der Waals surface area contributed by atoms with E-state index >= 15 is 0 Å². The summed E-state index contributed by atoms with van der Waals surface area (Å²) in [5.74, 6) is 0.0759. The van der Waals surface area contributed by atoms with Crippen molar-refractivity contribution in [3.8, 4) is 0 Å². The van der Waals surface area contributed by atoms with Crippen LogP contribution in [0.3, 0.4) is 0 Å². The summed E-state index contributed by atoms with van der Waals surface area (Å²) in [5.41, 5.74) is 2.53. The standard InChI is InChI=1S/C18H22N2O2/c21-17-9-5-4-8-16(19-17)18(22)20-12-10-15(11-13-20)14-6-2-1-3-7-14/h1-3,6-7,10,16H,4-5,8-9,11-13H2,(H,19,21). The number of amides is 2. The zero-order chi connectivity index (χ0) is 15.4. The van der Waals surface area contributed by atoms with E-state index in [2.05, 4.69) is 23.5 Å². The van der Waals surface area contributed by atoms with E-state index in [-0.39, 0.29) is 17.9 Å². The number of carbonyl (C=O) groups is 2. The number of rotatable bonds is 2. The van der Waals surface area contributed by atoms with E-state index < -0.39 is 0 Å². The Bertz CT molecular complexity index is 580. The van der Waals surface area contributed by atoms with Crippen LogP contribution in [-0.2, 0) is 9.59 Å². The van der Waals surface area contributed by atoms with Crippen LogP contribution in [0.15, 0.2) is 36.4 Å². The number of benzene rings is 1. The second-order valence-electron chi connectivity index (χ2n) is 6.00. The molecule has 0 spiro atoms. The molecule has 2 amide bonds. The van der Waals surface area contributed by atoms with Crippen molar-refractivity contribution in [3.05, 3.63) is 42.0 Å². The average Bonchev–Trinajstić information content (AvgIpc) is 2.80. The lowest BCUT2D eigenvalue weighted by Gasteiger charge is -2.30. The Morgan fingerprint density at radius 2 is 1.95 bits per heavy atom. The normalized spacial score (nSPS) is 22.5. The van der Waals surface area contributed by atoms with Crippen molar-refractivity contribution in [2.24, 2.45) is 0 Å². The van der Waals surface area contributed by atoms with Crippen LogP contribution in [0, 0.1) is 0 Å². The summed E-state index contributed by atoms with van der Waals surface area (Å²) >= 11 is 0. The van der Waals surface area contributed by atoms with Crippen molar-refractivity contribution < 1.29 is 9.59 Å². The van der Waals surface area contributed by atoms with E-state index in [1.54, 1.807) is 0 Å². The summed E-state index contributed by atoms with van der Waals surface area (Å²) in [5, 5.41) is 2.87. The van der Waals surface area contributed by atoms with Crippen LogP contribution >= 0.6 is 0 Å². The molecular formula is C18H22N2O2. The second kappa shape index (κ2) is 6.77. The summed E-state index contributed by atoms with van der Waals surface area (Å²) in [6.45, 7) is 1.36. The van der Waals surface area contributed by atoms with Crippen LogP contribution in [0.4, 0.5) is 0 Å². The molecule has 0 aromatic heterocycles. The SMILES string of the molecule is O=C1CCCCC(C(=O)N2CC=C(c3ccccc3)CC2)N1. The molecular weight excluding hydrogens is 276 g/mol. The molecule has 0 bridgehead atoms. The average molecular weight is 298 g/mol. The highest BCUT2D eigenvalue weighted by Gasteiger charge is 2.28. The van der Waals surface area contributed by atoms with Gasteiger partial charge in [-0.25, -0.2) is 0 Å². The number of nitrogens with zero attached hydrogens (tertiary/aromatic N) is 1. The van der Waals surface area contributed by atoms with Gasteiger partial charge in [-0.2, -0.15) is 0 Å². The fraction of sp³-hybridized carbons (Fsp3) is 0.444. The summed E-state index contributed by atoms with van der Waals surface area (Å²) in [7, 11) is 0. The third-order valence-electron chi connectivity index (χ3n) is 4.45. The van der Waals surface area contributed by atoms with Crippen molar-refractivity contribution in [2.75, 3.05) is 13.1 Å². The quantitative estimate of drug-likeness (QED) is 0.911. The topological polar surface area (TPSA) is 49.4 Å². The van der Waals surface area contributed by atoms with E-state index in [4.69, 9.17) is 0 Å². The predicted octanol–water partition coefficient (Wildman–Crippen LogP) is 2.36. The highest BCUT2D eigenvalue weighted by Crippen LogP contribution is 2.23. The Morgan fingerprint density at radius 3 is 2.68 bits per heavy atom. The van der Waals surface area contributed by atoms with Crippen LogP contribution in [0.5, 0.6) is 0 Å². The van der Waals surface area contributed by atoms with E-state index in [0.717, 1.165) is 32.2 Å². The van der Waals surface area contributed by atoms with Gasteiger partial charge in [-0.1, -0.05) is 42.8 Å². The fourth-order valence-corrected chi connectivity index (χ4v) is 3.16. The van der Waals surface area contributed by atoms with Gasteiger partial charge in [-0.15, -0.1) is 0 Å². The molecule has 0 saturated carbocycles. The Morgan fingerprint density at radius 1 is 1.14 bits per heavy atom. The first-order valence-electron chi connectivity index (χ1n) is 8.06. The summed E-state index contributed by atoms with van der Waals surface area (Å²) in [6, 6.07) is 9.96. The smallest absolute Gasteiger partial charge is 0.245 e. The van der Waals surface area contributed by atoms with E-state index in [9.17, 15) is 9.59 Å². The van der Waals surface area contributed by atoms with Crippen LogP contribution in [0.2, 0.25) is 0 Å². The van der Waals surface area contributed by atoms with Gasteiger partial charge in [0.05, 0.1) is 0 Å². The third-order valence-corrected chi connectivity index (χ3v) is 4.45. The highest BCUT2D eigenvalue weighted by atomic mass is 16.2. The van der Waals surface area contributed by atoms with Gasteiger partial charge in [0.15, 0.2) is 0 Å². The molecule has 1 saturated heterocycles. The van der Waals surface area contributed by atoms with E-state index in [0.29, 0.717) is 13.0 Å². The maximum absolute atomic E-state index is 12.6. The monoisotopic (exact) mass is 298 g/mol. The minimum Gasteiger partial charge on any atom is -0.344 e. The summed E-state index contributed by atoms with van der Waals surface area (Å²) < 4.78 is 0. The Balaban J connectivity index is 1.64. The molecule has 2 aliphatic rings. The first-order chi connectivity index (χ1) is 10.7. The van der Waals surface area contributed by atoms with Crippen molar-refractivity contribution in [2.45, 2.75) is 38.1 Å². The van der Waals surface area contributed by atoms with Gasteiger partial charge in [0.2, 0.25) is 11.8 Å². The Kier molecular flexibility index (Phi) is 4.56. The maximum Gasteiger partial charge on any atom is 0.245 e. The molecule has 0 radical (unpaired) electrons. The number of nitrogens with one attached hydrogen (secondary N) is 1. The lowest BCUT2D eigenvalue weighted by molar-refractivity contribution is -0.135. The third kappa shape index (κ3) is 3.38. The molecule has 4 heteroatoms. The highest BCUT2D eigenvalue weighted by molar-refractivity contribution is 5.88. The molecule has 1 fully saturated rings. The van der Waals surface area contributed by atoms with Crippen LogP contribution < -0.4 is 5.32 Å². The maximum atomic E-state index is 12.6. The van der Waals surface area contributed by atoms with Gasteiger partial charge in [-0.05, 0) is 30.4 Å². The van der Waals surface area contributed by atoms with Gasteiger partial charge in [0.1, 0.15) is 6.04 Å². The molecule has 1 unspecified atom stereocenters. The van der Waals surface area contributed by atoms with Gasteiger partial charge in [0.25, 0.3) is 0 Å². The number of hydrogen-bond donors (Lipinski definition) is 1. The molecule has 1 N–H and O–H groups in total. The second-order valence-corrected chi connectivity index (χ2v) is 6.00.